The number of ether oxygens (including phenoxy) is 1. The number of anilines is 1. The molecular weight excluding hydrogens is 370 g/mol. The van der Waals surface area contributed by atoms with Gasteiger partial charge in [0.05, 0.1) is 18.5 Å². The molecule has 0 aliphatic carbocycles. The lowest BCUT2D eigenvalue weighted by Gasteiger charge is -2.19. The number of thiazole rings is 1. The molecule has 0 aliphatic heterocycles. The monoisotopic (exact) mass is 401 g/mol. The van der Waals surface area contributed by atoms with Crippen LogP contribution in [0, 0.1) is 13.8 Å². The Morgan fingerprint density at radius 1 is 1.18 bits per heavy atom. The van der Waals surface area contributed by atoms with Gasteiger partial charge in [0.2, 0.25) is 5.88 Å². The standard InChI is InChI=1S/C21H31N5OS/c1-9-15(10-2)16-11-13(5)24-26-17(14(6)22-19(16)26)18-20(27-8)23-21(28-18)25(7)12(3)4/h11-12,15H,9-10H2,1-8H3. The van der Waals surface area contributed by atoms with Crippen LogP contribution in [-0.4, -0.2) is 39.8 Å². The third-order valence-corrected chi connectivity index (χ3v) is 6.54. The molecule has 28 heavy (non-hydrogen) atoms. The fourth-order valence-electron chi connectivity index (χ4n) is 3.52. The average Bonchev–Trinajstić information content (AvgIpc) is 3.21. The first kappa shape index (κ1) is 20.6. The van der Waals surface area contributed by atoms with Crippen molar-refractivity contribution < 1.29 is 4.74 Å². The van der Waals surface area contributed by atoms with E-state index in [1.54, 1.807) is 18.4 Å². The van der Waals surface area contributed by atoms with Gasteiger partial charge in [-0.05, 0) is 52.5 Å². The predicted octanol–water partition coefficient (Wildman–Crippen LogP) is 5.23. The molecule has 0 atom stereocenters. The van der Waals surface area contributed by atoms with Crippen molar-refractivity contribution in [1.29, 1.82) is 0 Å². The minimum Gasteiger partial charge on any atom is -0.480 e. The maximum atomic E-state index is 5.64. The van der Waals surface area contributed by atoms with Gasteiger partial charge in [0.25, 0.3) is 0 Å². The third kappa shape index (κ3) is 3.48. The Hall–Kier alpha value is -2.15. The van der Waals surface area contributed by atoms with E-state index in [-0.39, 0.29) is 0 Å². The van der Waals surface area contributed by atoms with Crippen LogP contribution < -0.4 is 9.64 Å². The van der Waals surface area contributed by atoms with E-state index in [0.29, 0.717) is 17.8 Å². The van der Waals surface area contributed by atoms with E-state index in [1.165, 1.54) is 5.56 Å². The second-order valence-electron chi connectivity index (χ2n) is 7.58. The lowest BCUT2D eigenvalue weighted by Crippen LogP contribution is -2.25. The molecule has 0 bridgehead atoms. The summed E-state index contributed by atoms with van der Waals surface area (Å²) < 4.78 is 7.63. The largest absolute Gasteiger partial charge is 0.480 e. The van der Waals surface area contributed by atoms with Crippen molar-refractivity contribution in [3.63, 3.8) is 0 Å². The van der Waals surface area contributed by atoms with Crippen molar-refractivity contribution in [1.82, 2.24) is 19.6 Å². The Balaban J connectivity index is 2.26. The van der Waals surface area contributed by atoms with Crippen LogP contribution in [0.5, 0.6) is 5.88 Å². The summed E-state index contributed by atoms with van der Waals surface area (Å²) in [4.78, 5) is 12.8. The van der Waals surface area contributed by atoms with Crippen LogP contribution in [0.1, 0.15) is 63.4 Å². The molecule has 6 nitrogen and oxygen atoms in total. The Morgan fingerprint density at radius 3 is 2.43 bits per heavy atom. The minimum absolute atomic E-state index is 0.355. The summed E-state index contributed by atoms with van der Waals surface area (Å²) in [6, 6.07) is 2.54. The molecule has 7 heteroatoms. The van der Waals surface area contributed by atoms with E-state index >= 15 is 0 Å². The van der Waals surface area contributed by atoms with Crippen molar-refractivity contribution in [3.8, 4) is 16.5 Å². The van der Waals surface area contributed by atoms with Gasteiger partial charge in [0.1, 0.15) is 10.6 Å². The number of aryl methyl sites for hydroxylation is 2. The van der Waals surface area contributed by atoms with Crippen LogP contribution >= 0.6 is 11.3 Å². The summed E-state index contributed by atoms with van der Waals surface area (Å²) in [5.41, 5.74) is 5.14. The number of hydrogen-bond donors (Lipinski definition) is 0. The van der Waals surface area contributed by atoms with Crippen LogP contribution in [0.15, 0.2) is 6.07 Å². The van der Waals surface area contributed by atoms with E-state index < -0.39 is 0 Å². The summed E-state index contributed by atoms with van der Waals surface area (Å²) in [5.74, 6) is 1.11. The Bertz CT molecular complexity index is 971. The van der Waals surface area contributed by atoms with Gasteiger partial charge >= 0.3 is 0 Å². The number of aromatic nitrogens is 4. The molecular formula is C21H31N5OS. The quantitative estimate of drug-likeness (QED) is 0.543. The highest BCUT2D eigenvalue weighted by atomic mass is 32.1. The molecule has 3 aromatic rings. The number of methoxy groups -OCH3 is 1. The highest BCUT2D eigenvalue weighted by Crippen LogP contribution is 2.42. The molecule has 3 rings (SSSR count). The van der Waals surface area contributed by atoms with Crippen LogP contribution in [0.3, 0.4) is 0 Å². The fourth-order valence-corrected chi connectivity index (χ4v) is 4.74. The zero-order valence-corrected chi connectivity index (χ0v) is 19.0. The average molecular weight is 402 g/mol. The molecule has 0 amide bonds. The first-order valence-electron chi connectivity index (χ1n) is 9.97. The van der Waals surface area contributed by atoms with Gasteiger partial charge in [-0.15, -0.1) is 0 Å². The molecule has 0 saturated carbocycles. The van der Waals surface area contributed by atoms with Crippen LogP contribution in [0.2, 0.25) is 0 Å². The zero-order chi connectivity index (χ0) is 20.6. The molecule has 152 valence electrons. The number of rotatable bonds is 7. The van der Waals surface area contributed by atoms with Gasteiger partial charge in [-0.25, -0.2) is 9.50 Å². The van der Waals surface area contributed by atoms with Crippen LogP contribution in [-0.2, 0) is 0 Å². The van der Waals surface area contributed by atoms with Crippen molar-refractivity contribution in [2.45, 2.75) is 66.3 Å². The number of hydrogen-bond acceptors (Lipinski definition) is 6. The molecule has 0 unspecified atom stereocenters. The van der Waals surface area contributed by atoms with Gasteiger partial charge < -0.3 is 9.64 Å². The molecule has 0 aliphatic rings. The number of nitrogens with zero attached hydrogens (tertiary/aromatic N) is 5. The van der Waals surface area contributed by atoms with Gasteiger partial charge in [-0.1, -0.05) is 25.2 Å². The maximum Gasteiger partial charge on any atom is 0.236 e. The Morgan fingerprint density at radius 2 is 1.86 bits per heavy atom. The normalized spacial score (nSPS) is 11.8. The lowest BCUT2D eigenvalue weighted by atomic mass is 9.95. The van der Waals surface area contributed by atoms with E-state index in [4.69, 9.17) is 19.8 Å². The molecule has 3 aromatic heterocycles. The van der Waals surface area contributed by atoms with Gasteiger partial charge in [0.15, 0.2) is 10.8 Å². The first-order valence-corrected chi connectivity index (χ1v) is 10.8. The second-order valence-corrected chi connectivity index (χ2v) is 8.55. The van der Waals surface area contributed by atoms with Gasteiger partial charge in [0, 0.05) is 18.7 Å². The van der Waals surface area contributed by atoms with E-state index in [9.17, 15) is 0 Å². The Kier molecular flexibility index (Phi) is 5.93. The Labute approximate surface area is 171 Å². The minimum atomic E-state index is 0.355. The first-order chi connectivity index (χ1) is 13.3. The molecule has 0 spiro atoms. The summed E-state index contributed by atoms with van der Waals surface area (Å²) >= 11 is 1.63. The molecule has 0 N–H and O–H groups in total. The summed E-state index contributed by atoms with van der Waals surface area (Å²) in [6.45, 7) is 12.9. The number of imidazole rings is 1. The topological polar surface area (TPSA) is 55.5 Å². The van der Waals surface area contributed by atoms with Crippen molar-refractivity contribution in [2.75, 3.05) is 19.1 Å². The smallest absolute Gasteiger partial charge is 0.236 e. The van der Waals surface area contributed by atoms with Crippen LogP contribution in [0.4, 0.5) is 5.13 Å². The SMILES string of the molecule is CCC(CC)c1cc(C)nn2c(-c3sc(N(C)C(C)C)nc3OC)c(C)nc12. The zero-order valence-electron chi connectivity index (χ0n) is 18.2. The van der Waals surface area contributed by atoms with Crippen molar-refractivity contribution >= 4 is 22.1 Å². The lowest BCUT2D eigenvalue weighted by molar-refractivity contribution is 0.402. The number of fused-ring (bicyclic) bond motifs is 1. The summed E-state index contributed by atoms with van der Waals surface area (Å²) in [6.07, 6.45) is 2.17. The summed E-state index contributed by atoms with van der Waals surface area (Å²) in [7, 11) is 3.73. The maximum absolute atomic E-state index is 5.64. The molecule has 0 aromatic carbocycles. The molecule has 0 fully saturated rings. The molecule has 0 saturated heterocycles. The predicted molar refractivity (Wildman–Crippen MR) is 117 cm³/mol. The third-order valence-electron chi connectivity index (χ3n) is 5.40. The van der Waals surface area contributed by atoms with E-state index in [2.05, 4.69) is 45.7 Å². The van der Waals surface area contributed by atoms with Crippen LogP contribution in [0.25, 0.3) is 16.2 Å². The summed E-state index contributed by atoms with van der Waals surface area (Å²) in [5, 5.41) is 5.75. The van der Waals surface area contributed by atoms with Gasteiger partial charge in [-0.3, -0.25) is 0 Å². The highest BCUT2D eigenvalue weighted by Gasteiger charge is 2.25. The van der Waals surface area contributed by atoms with E-state index in [1.807, 2.05) is 18.4 Å². The van der Waals surface area contributed by atoms with Crippen molar-refractivity contribution in [3.05, 3.63) is 23.0 Å². The second kappa shape index (κ2) is 8.07. The van der Waals surface area contributed by atoms with Gasteiger partial charge in [-0.2, -0.15) is 10.1 Å². The van der Waals surface area contributed by atoms with Crippen molar-refractivity contribution in [2.24, 2.45) is 0 Å². The fraction of sp³-hybridized carbons (Fsp3) is 0.571. The molecule has 0 radical (unpaired) electrons. The highest BCUT2D eigenvalue weighted by molar-refractivity contribution is 7.19. The molecule has 3 heterocycles. The van der Waals surface area contributed by atoms with E-state index in [0.717, 1.165) is 45.6 Å².